The number of hydrogen-bond acceptors (Lipinski definition) is 9. The summed E-state index contributed by atoms with van der Waals surface area (Å²) in [6, 6.07) is 12.1. The van der Waals surface area contributed by atoms with E-state index in [9.17, 15) is 29.3 Å². The first-order chi connectivity index (χ1) is 21.2. The minimum atomic E-state index is -1.20. The number of non-ortho nitro benzene ring substituents is 1. The number of guanidine groups is 1. The highest BCUT2D eigenvalue weighted by Crippen LogP contribution is 2.16. The number of anilines is 1. The van der Waals surface area contributed by atoms with Gasteiger partial charge in [0.25, 0.3) is 5.69 Å². The summed E-state index contributed by atoms with van der Waals surface area (Å²) < 4.78 is 10.9. The standard InChI is InChI=1S/C29H40N8O8/c1-29(2,3)45-28(41)36-23(18-44-17-19-8-5-4-6-9-19)25(39)33-16-24(38)35-22(10-7-15-32-27(30)31)26(40)34-20-11-13-21(14-12-20)37(42)43/h4-6,8-9,11-14,22-23H,7,10,15-18H2,1-3H3,(H,33,39)(H,34,40)(H,35,38)(H,36,41)(H4,30,31,32)/t22-,23+/m0/s1. The van der Waals surface area contributed by atoms with Crippen LogP contribution in [0.2, 0.25) is 0 Å². The number of nitro benzene ring substituents is 1. The third kappa shape index (κ3) is 14.7. The molecular formula is C29H40N8O8. The molecule has 0 radical (unpaired) electrons. The van der Waals surface area contributed by atoms with Gasteiger partial charge in [0.2, 0.25) is 17.7 Å². The number of alkyl carbamates (subject to hydrolysis) is 1. The highest BCUT2D eigenvalue weighted by atomic mass is 16.6. The van der Waals surface area contributed by atoms with E-state index in [2.05, 4.69) is 26.3 Å². The summed E-state index contributed by atoms with van der Waals surface area (Å²) in [5.41, 5.74) is 10.8. The van der Waals surface area contributed by atoms with Crippen LogP contribution in [0.4, 0.5) is 16.2 Å². The molecule has 0 unspecified atom stereocenters. The number of nitro groups is 1. The van der Waals surface area contributed by atoms with Crippen molar-refractivity contribution in [2.24, 2.45) is 16.5 Å². The van der Waals surface area contributed by atoms with Gasteiger partial charge in [0.15, 0.2) is 5.96 Å². The largest absolute Gasteiger partial charge is 0.444 e. The van der Waals surface area contributed by atoms with Gasteiger partial charge in [-0.25, -0.2) is 4.79 Å². The quantitative estimate of drug-likeness (QED) is 0.0511. The highest BCUT2D eigenvalue weighted by molar-refractivity contribution is 5.98. The molecule has 8 N–H and O–H groups in total. The molecule has 244 valence electrons. The van der Waals surface area contributed by atoms with Crippen molar-refractivity contribution in [1.29, 1.82) is 0 Å². The van der Waals surface area contributed by atoms with Crippen LogP contribution in [-0.4, -0.2) is 72.1 Å². The van der Waals surface area contributed by atoms with Gasteiger partial charge in [-0.3, -0.25) is 29.5 Å². The molecule has 0 saturated carbocycles. The molecule has 0 aliphatic carbocycles. The Labute approximate surface area is 260 Å². The number of nitrogens with one attached hydrogen (secondary N) is 4. The average molecular weight is 629 g/mol. The first-order valence-electron chi connectivity index (χ1n) is 14.0. The lowest BCUT2D eigenvalue weighted by atomic mass is 10.1. The van der Waals surface area contributed by atoms with Crippen LogP contribution in [0.25, 0.3) is 0 Å². The Hall–Kier alpha value is -5.25. The molecule has 0 aromatic heterocycles. The van der Waals surface area contributed by atoms with E-state index in [1.54, 1.807) is 20.8 Å². The first kappa shape index (κ1) is 35.9. The van der Waals surface area contributed by atoms with Gasteiger partial charge in [-0.05, 0) is 51.3 Å². The van der Waals surface area contributed by atoms with E-state index in [4.69, 9.17) is 20.9 Å². The molecule has 0 heterocycles. The van der Waals surface area contributed by atoms with Gasteiger partial charge in [0, 0.05) is 24.4 Å². The van der Waals surface area contributed by atoms with E-state index in [0.29, 0.717) is 6.42 Å². The maximum Gasteiger partial charge on any atom is 0.408 e. The van der Waals surface area contributed by atoms with Crippen molar-refractivity contribution in [2.45, 2.75) is 57.9 Å². The maximum atomic E-state index is 13.0. The Balaban J connectivity index is 2.03. The second kappa shape index (κ2) is 17.8. The molecule has 0 saturated heterocycles. The fourth-order valence-electron chi connectivity index (χ4n) is 3.71. The molecule has 2 aromatic carbocycles. The molecule has 0 aliphatic heterocycles. The Morgan fingerprint density at radius 2 is 1.62 bits per heavy atom. The van der Waals surface area contributed by atoms with Gasteiger partial charge in [-0.2, -0.15) is 0 Å². The molecule has 16 heteroatoms. The lowest BCUT2D eigenvalue weighted by Crippen LogP contribution is -2.53. The zero-order chi connectivity index (χ0) is 33.4. The lowest BCUT2D eigenvalue weighted by molar-refractivity contribution is -0.384. The highest BCUT2D eigenvalue weighted by Gasteiger charge is 2.26. The average Bonchev–Trinajstić information content (AvgIpc) is 2.96. The molecule has 0 fully saturated rings. The van der Waals surface area contributed by atoms with Crippen LogP contribution < -0.4 is 32.7 Å². The number of ether oxygens (including phenoxy) is 2. The number of benzene rings is 2. The SMILES string of the molecule is CC(C)(C)OC(=O)N[C@H](COCc1ccccc1)C(=O)NCC(=O)N[C@@H](CCCN=C(N)N)C(=O)Nc1ccc([N+](=O)[O-])cc1. The zero-order valence-electron chi connectivity index (χ0n) is 25.4. The summed E-state index contributed by atoms with van der Waals surface area (Å²) in [6.45, 7) is 4.63. The van der Waals surface area contributed by atoms with Crippen molar-refractivity contribution < 1.29 is 33.6 Å². The molecule has 45 heavy (non-hydrogen) atoms. The number of hydrogen-bond donors (Lipinski definition) is 6. The number of nitrogens with zero attached hydrogens (tertiary/aromatic N) is 2. The van der Waals surface area contributed by atoms with E-state index in [-0.39, 0.29) is 43.5 Å². The number of carbonyl (C=O) groups excluding carboxylic acids is 4. The van der Waals surface area contributed by atoms with Crippen LogP contribution in [-0.2, 0) is 30.5 Å². The van der Waals surface area contributed by atoms with E-state index >= 15 is 0 Å². The van der Waals surface area contributed by atoms with Gasteiger partial charge in [-0.1, -0.05) is 30.3 Å². The summed E-state index contributed by atoms with van der Waals surface area (Å²) in [6.07, 6.45) is -0.395. The summed E-state index contributed by atoms with van der Waals surface area (Å²) in [4.78, 5) is 65.4. The summed E-state index contributed by atoms with van der Waals surface area (Å²) in [5, 5.41) is 21.0. The van der Waals surface area contributed by atoms with Crippen molar-refractivity contribution in [3.8, 4) is 0 Å². The number of carbonyl (C=O) groups is 4. The summed E-state index contributed by atoms with van der Waals surface area (Å²) in [7, 11) is 0. The predicted octanol–water partition coefficient (Wildman–Crippen LogP) is 1.30. The fourth-order valence-corrected chi connectivity index (χ4v) is 3.71. The van der Waals surface area contributed by atoms with E-state index in [1.165, 1.54) is 24.3 Å². The Morgan fingerprint density at radius 3 is 2.22 bits per heavy atom. The van der Waals surface area contributed by atoms with Crippen LogP contribution in [0.15, 0.2) is 59.6 Å². The summed E-state index contributed by atoms with van der Waals surface area (Å²) in [5.74, 6) is -2.15. The van der Waals surface area contributed by atoms with Gasteiger partial charge < -0.3 is 42.2 Å². The van der Waals surface area contributed by atoms with E-state index in [0.717, 1.165) is 5.56 Å². The molecule has 0 spiro atoms. The van der Waals surface area contributed by atoms with Crippen LogP contribution in [0.5, 0.6) is 0 Å². The zero-order valence-corrected chi connectivity index (χ0v) is 25.4. The molecule has 0 bridgehead atoms. The summed E-state index contributed by atoms with van der Waals surface area (Å²) >= 11 is 0. The van der Waals surface area contributed by atoms with Crippen LogP contribution in [0.3, 0.4) is 0 Å². The fraction of sp³-hybridized carbons (Fsp3) is 0.414. The number of nitrogens with two attached hydrogens (primary N) is 2. The second-order valence-electron chi connectivity index (χ2n) is 10.8. The molecular weight excluding hydrogens is 588 g/mol. The topological polar surface area (TPSA) is 242 Å². The lowest BCUT2D eigenvalue weighted by Gasteiger charge is -2.23. The van der Waals surface area contributed by atoms with Gasteiger partial charge in [0.05, 0.1) is 24.7 Å². The minimum Gasteiger partial charge on any atom is -0.444 e. The molecule has 0 aliphatic rings. The predicted molar refractivity (Wildman–Crippen MR) is 166 cm³/mol. The molecule has 2 atom stereocenters. The third-order valence-electron chi connectivity index (χ3n) is 5.77. The normalized spacial score (nSPS) is 12.2. The number of amides is 4. The monoisotopic (exact) mass is 628 g/mol. The smallest absolute Gasteiger partial charge is 0.408 e. The van der Waals surface area contributed by atoms with Crippen LogP contribution in [0, 0.1) is 10.1 Å². The third-order valence-corrected chi connectivity index (χ3v) is 5.77. The van der Waals surface area contributed by atoms with Crippen molar-refractivity contribution in [3.63, 3.8) is 0 Å². The second-order valence-corrected chi connectivity index (χ2v) is 10.8. The minimum absolute atomic E-state index is 0.129. The maximum absolute atomic E-state index is 13.0. The molecule has 16 nitrogen and oxygen atoms in total. The van der Waals surface area contributed by atoms with Gasteiger partial charge in [-0.15, -0.1) is 0 Å². The molecule has 2 rings (SSSR count). The Morgan fingerprint density at radius 1 is 0.956 bits per heavy atom. The Kier molecular flexibility index (Phi) is 14.2. The number of aliphatic imine (C=N–C) groups is 1. The Bertz CT molecular complexity index is 1330. The van der Waals surface area contributed by atoms with Crippen LogP contribution >= 0.6 is 0 Å². The van der Waals surface area contributed by atoms with E-state index < -0.39 is 53.0 Å². The van der Waals surface area contributed by atoms with Crippen molar-refractivity contribution in [3.05, 3.63) is 70.3 Å². The van der Waals surface area contributed by atoms with E-state index in [1.807, 2.05) is 30.3 Å². The molecule has 4 amide bonds. The van der Waals surface area contributed by atoms with Crippen molar-refractivity contribution in [2.75, 3.05) is 25.0 Å². The van der Waals surface area contributed by atoms with Crippen LogP contribution in [0.1, 0.15) is 39.2 Å². The number of rotatable bonds is 16. The van der Waals surface area contributed by atoms with Gasteiger partial charge >= 0.3 is 6.09 Å². The van der Waals surface area contributed by atoms with Gasteiger partial charge in [0.1, 0.15) is 17.7 Å². The molecule has 2 aromatic rings. The first-order valence-corrected chi connectivity index (χ1v) is 14.0. The van der Waals surface area contributed by atoms with Crippen molar-refractivity contribution in [1.82, 2.24) is 16.0 Å². The van der Waals surface area contributed by atoms with Crippen molar-refractivity contribution >= 4 is 41.1 Å².